The third-order valence-corrected chi connectivity index (χ3v) is 4.80. The number of hydrogen-bond donors (Lipinski definition) is 1. The van der Waals surface area contributed by atoms with Gasteiger partial charge in [0.05, 0.1) is 20.1 Å². The van der Waals surface area contributed by atoms with Gasteiger partial charge < -0.3 is 5.11 Å². The number of aliphatic carboxylic acids is 1. The second-order valence-electron chi connectivity index (χ2n) is 3.12. The second kappa shape index (κ2) is 5.07. The molecule has 84 valence electrons. The van der Waals surface area contributed by atoms with Gasteiger partial charge in [0.2, 0.25) is 0 Å². The molecule has 0 saturated carbocycles. The van der Waals surface area contributed by atoms with Crippen molar-refractivity contribution in [3.63, 3.8) is 0 Å². The molecule has 0 unspecified atom stereocenters. The van der Waals surface area contributed by atoms with Crippen LogP contribution >= 0.6 is 38.6 Å². The van der Waals surface area contributed by atoms with Crippen molar-refractivity contribution in [2.45, 2.75) is 12.8 Å². The number of thiazole rings is 1. The van der Waals surface area contributed by atoms with Gasteiger partial charge in [-0.2, -0.15) is 0 Å². The fourth-order valence-electron chi connectivity index (χ4n) is 1.20. The Kier molecular flexibility index (Phi) is 3.73. The van der Waals surface area contributed by atoms with Gasteiger partial charge in [0.25, 0.3) is 0 Å². The third kappa shape index (κ3) is 2.90. The van der Waals surface area contributed by atoms with Crippen molar-refractivity contribution in [3.8, 4) is 9.75 Å². The average molecular weight is 318 g/mol. The minimum Gasteiger partial charge on any atom is -0.481 e. The zero-order valence-corrected chi connectivity index (χ0v) is 11.4. The summed E-state index contributed by atoms with van der Waals surface area (Å²) in [6.07, 6.45) is 2.45. The first kappa shape index (κ1) is 11.8. The second-order valence-corrected chi connectivity index (χ2v) is 6.69. The predicted octanol–water partition coefficient (Wildman–Crippen LogP) is 3.65. The molecule has 0 atom stereocenters. The van der Waals surface area contributed by atoms with Crippen molar-refractivity contribution >= 4 is 44.6 Å². The van der Waals surface area contributed by atoms with Crippen molar-refractivity contribution in [2.75, 3.05) is 0 Å². The Morgan fingerprint density at radius 1 is 1.38 bits per heavy atom. The molecule has 1 N–H and O–H groups in total. The van der Waals surface area contributed by atoms with Crippen LogP contribution in [-0.2, 0) is 11.2 Å². The third-order valence-electron chi connectivity index (χ3n) is 1.92. The molecule has 0 amide bonds. The summed E-state index contributed by atoms with van der Waals surface area (Å²) in [5, 5.41) is 9.45. The van der Waals surface area contributed by atoms with Crippen LogP contribution in [0.3, 0.4) is 0 Å². The average Bonchev–Trinajstić information content (AvgIpc) is 2.83. The minimum absolute atomic E-state index is 0.140. The highest BCUT2D eigenvalue weighted by atomic mass is 79.9. The Balaban J connectivity index is 2.10. The first-order chi connectivity index (χ1) is 7.65. The van der Waals surface area contributed by atoms with Gasteiger partial charge in [-0.25, -0.2) is 4.98 Å². The number of thiophene rings is 1. The topological polar surface area (TPSA) is 50.2 Å². The lowest BCUT2D eigenvalue weighted by molar-refractivity contribution is -0.136. The van der Waals surface area contributed by atoms with E-state index < -0.39 is 5.97 Å². The standard InChI is InChI=1S/C10H8BrNO2S2/c11-8-2-1-6(15-8)7-5-12-9(16-7)3-4-10(13)14/h1-2,5H,3-4H2,(H,13,14). The Hall–Kier alpha value is -0.720. The summed E-state index contributed by atoms with van der Waals surface area (Å²) in [4.78, 5) is 16.9. The molecular formula is C10H8BrNO2S2. The first-order valence-corrected chi connectivity index (χ1v) is 7.00. The molecule has 0 aliphatic heterocycles. The number of hydrogen-bond acceptors (Lipinski definition) is 4. The summed E-state index contributed by atoms with van der Waals surface area (Å²) in [6.45, 7) is 0. The monoisotopic (exact) mass is 317 g/mol. The van der Waals surface area contributed by atoms with E-state index in [1.165, 1.54) is 0 Å². The lowest BCUT2D eigenvalue weighted by Gasteiger charge is -1.90. The Labute approximate surface area is 109 Å². The van der Waals surface area contributed by atoms with Crippen molar-refractivity contribution < 1.29 is 9.90 Å². The number of aryl methyl sites for hydroxylation is 1. The molecule has 2 aromatic heterocycles. The van der Waals surface area contributed by atoms with Gasteiger partial charge in [-0.1, -0.05) is 0 Å². The van der Waals surface area contributed by atoms with Crippen LogP contribution in [0.4, 0.5) is 0 Å². The van der Waals surface area contributed by atoms with E-state index in [4.69, 9.17) is 5.11 Å². The summed E-state index contributed by atoms with van der Waals surface area (Å²) in [5.74, 6) is -0.782. The van der Waals surface area contributed by atoms with E-state index in [0.29, 0.717) is 6.42 Å². The number of halogens is 1. The van der Waals surface area contributed by atoms with Gasteiger partial charge in [-0.05, 0) is 28.1 Å². The van der Waals surface area contributed by atoms with Crippen molar-refractivity contribution in [3.05, 3.63) is 27.1 Å². The Bertz CT molecular complexity index is 506. The van der Waals surface area contributed by atoms with Crippen LogP contribution in [-0.4, -0.2) is 16.1 Å². The quantitative estimate of drug-likeness (QED) is 0.936. The van der Waals surface area contributed by atoms with Crippen molar-refractivity contribution in [1.82, 2.24) is 4.98 Å². The normalized spacial score (nSPS) is 10.6. The summed E-state index contributed by atoms with van der Waals surface area (Å²) >= 11 is 6.62. The molecular weight excluding hydrogens is 310 g/mol. The van der Waals surface area contributed by atoms with Crippen LogP contribution in [0.5, 0.6) is 0 Å². The maximum Gasteiger partial charge on any atom is 0.303 e. The molecule has 0 saturated heterocycles. The summed E-state index contributed by atoms with van der Waals surface area (Å²) in [7, 11) is 0. The highest BCUT2D eigenvalue weighted by Crippen LogP contribution is 2.34. The smallest absolute Gasteiger partial charge is 0.303 e. The molecule has 0 bridgehead atoms. The molecule has 2 rings (SSSR count). The molecule has 0 spiro atoms. The minimum atomic E-state index is -0.782. The fraction of sp³-hybridized carbons (Fsp3) is 0.200. The lowest BCUT2D eigenvalue weighted by Crippen LogP contribution is -1.96. The van der Waals surface area contributed by atoms with Gasteiger partial charge >= 0.3 is 5.97 Å². The number of nitrogens with zero attached hydrogens (tertiary/aromatic N) is 1. The molecule has 0 radical (unpaired) electrons. The number of carbonyl (C=O) groups is 1. The maximum absolute atomic E-state index is 10.4. The van der Waals surface area contributed by atoms with Gasteiger partial charge in [-0.15, -0.1) is 22.7 Å². The number of rotatable bonds is 4. The van der Waals surface area contributed by atoms with E-state index in [2.05, 4.69) is 20.9 Å². The first-order valence-electron chi connectivity index (χ1n) is 4.57. The van der Waals surface area contributed by atoms with E-state index in [-0.39, 0.29) is 6.42 Å². The number of carboxylic acid groups (broad SMARTS) is 1. The molecule has 0 aromatic carbocycles. The van der Waals surface area contributed by atoms with Gasteiger partial charge in [0, 0.05) is 17.5 Å². The molecule has 6 heteroatoms. The fourth-order valence-corrected chi connectivity index (χ4v) is 3.58. The Morgan fingerprint density at radius 2 is 2.19 bits per heavy atom. The predicted molar refractivity (Wildman–Crippen MR) is 69.1 cm³/mol. The van der Waals surface area contributed by atoms with E-state index >= 15 is 0 Å². The van der Waals surface area contributed by atoms with E-state index in [9.17, 15) is 4.79 Å². The molecule has 2 heterocycles. The number of aromatic nitrogens is 1. The zero-order chi connectivity index (χ0) is 11.5. The highest BCUT2D eigenvalue weighted by molar-refractivity contribution is 9.11. The molecule has 0 aliphatic carbocycles. The van der Waals surface area contributed by atoms with Crippen LogP contribution in [0.2, 0.25) is 0 Å². The highest BCUT2D eigenvalue weighted by Gasteiger charge is 2.08. The summed E-state index contributed by atoms with van der Waals surface area (Å²) < 4.78 is 1.09. The lowest BCUT2D eigenvalue weighted by atomic mass is 10.3. The SMILES string of the molecule is O=C(O)CCc1ncc(-c2ccc(Br)s2)s1. The molecule has 0 aliphatic rings. The van der Waals surface area contributed by atoms with Crippen molar-refractivity contribution in [1.29, 1.82) is 0 Å². The van der Waals surface area contributed by atoms with Crippen LogP contribution in [0.25, 0.3) is 9.75 Å². The summed E-state index contributed by atoms with van der Waals surface area (Å²) in [5.41, 5.74) is 0. The Morgan fingerprint density at radius 3 is 2.81 bits per heavy atom. The largest absolute Gasteiger partial charge is 0.481 e. The van der Waals surface area contributed by atoms with Crippen LogP contribution in [0, 0.1) is 0 Å². The van der Waals surface area contributed by atoms with Gasteiger partial charge in [0.15, 0.2) is 0 Å². The number of carboxylic acids is 1. The van der Waals surface area contributed by atoms with Crippen LogP contribution in [0.15, 0.2) is 22.1 Å². The van der Waals surface area contributed by atoms with E-state index in [1.807, 2.05) is 12.1 Å². The van der Waals surface area contributed by atoms with Gasteiger partial charge in [0.1, 0.15) is 0 Å². The molecule has 0 fully saturated rings. The van der Waals surface area contributed by atoms with Crippen LogP contribution < -0.4 is 0 Å². The molecule has 2 aromatic rings. The van der Waals surface area contributed by atoms with E-state index in [0.717, 1.165) is 18.5 Å². The van der Waals surface area contributed by atoms with E-state index in [1.54, 1.807) is 28.9 Å². The van der Waals surface area contributed by atoms with Crippen molar-refractivity contribution in [2.24, 2.45) is 0 Å². The molecule has 3 nitrogen and oxygen atoms in total. The van der Waals surface area contributed by atoms with Gasteiger partial charge in [-0.3, -0.25) is 4.79 Å². The molecule has 16 heavy (non-hydrogen) atoms. The summed E-state index contributed by atoms with van der Waals surface area (Å²) in [6, 6.07) is 4.03. The van der Waals surface area contributed by atoms with Crippen LogP contribution in [0.1, 0.15) is 11.4 Å². The zero-order valence-electron chi connectivity index (χ0n) is 8.14. The maximum atomic E-state index is 10.4.